The normalized spacial score (nSPS) is 10.7. The molecule has 0 heterocycles. The van der Waals surface area contributed by atoms with Crippen molar-refractivity contribution in [3.63, 3.8) is 0 Å². The van der Waals surface area contributed by atoms with E-state index in [1.54, 1.807) is 0 Å². The van der Waals surface area contributed by atoms with Gasteiger partial charge in [-0.2, -0.15) is 0 Å². The van der Waals surface area contributed by atoms with Crippen molar-refractivity contribution in [3.8, 4) is 0 Å². The van der Waals surface area contributed by atoms with Gasteiger partial charge in [0.1, 0.15) is 0 Å². The summed E-state index contributed by atoms with van der Waals surface area (Å²) >= 11 is -1.51. The first kappa shape index (κ1) is 25.6. The number of hydrogen-bond donors (Lipinski definition) is 6. The van der Waals surface area contributed by atoms with Crippen LogP contribution in [0.2, 0.25) is 12.4 Å². The van der Waals surface area contributed by atoms with Crippen molar-refractivity contribution in [2.75, 3.05) is 19.8 Å². The monoisotopic (exact) mass is 388 g/mol. The van der Waals surface area contributed by atoms with E-state index in [1.807, 2.05) is 0 Å². The van der Waals surface area contributed by atoms with Gasteiger partial charge in [0.05, 0.1) is 5.97 Å². The number of carbonyl (C=O) groups excluding carboxylic acids is 1. The second-order valence-electron chi connectivity index (χ2n) is 4.03. The molecule has 0 aliphatic carbocycles. The average molecular weight is 390 g/mol. The maximum absolute atomic E-state index is 9.88. The maximum atomic E-state index is 9.88. The van der Waals surface area contributed by atoms with Gasteiger partial charge in [-0.1, -0.05) is 0 Å². The summed E-state index contributed by atoms with van der Waals surface area (Å²) in [4.78, 5) is 19.7. The number of carboxylic acid groups (broad SMARTS) is 2. The quantitative estimate of drug-likeness (QED) is 0.243. The molecule has 0 aromatic carbocycles. The number of aliphatic hydroxyl groups excluding tert-OH is 3. The van der Waals surface area contributed by atoms with Gasteiger partial charge >= 0.3 is 75.2 Å². The van der Waals surface area contributed by atoms with E-state index in [2.05, 4.69) is 0 Å². The van der Waals surface area contributed by atoms with Crippen molar-refractivity contribution in [3.05, 3.63) is 0 Å². The molecule has 0 saturated heterocycles. The van der Waals surface area contributed by atoms with Gasteiger partial charge < -0.3 is 26.9 Å². The minimum absolute atomic E-state index is 0. The van der Waals surface area contributed by atoms with Gasteiger partial charge in [0.15, 0.2) is 0 Å². The van der Waals surface area contributed by atoms with E-state index in [0.717, 1.165) is 12.4 Å². The molecule has 0 saturated carbocycles. The fraction of sp³-hybridized carbons (Fsp3) is 0.818. The molecule has 0 aliphatic heterocycles. The second-order valence-corrected chi connectivity index (χ2v) is 11.4. The number of aliphatic carboxylic acids is 2. The molecule has 1 atom stereocenters. The van der Waals surface area contributed by atoms with Gasteiger partial charge in [0.25, 0.3) is 0 Å². The molecule has 0 radical (unpaired) electrons. The minimum atomic E-state index is -1.51. The SMILES string of the molecule is N.N[C@@H](CCC(=O)O)C(=O)[O-].OC[CH2][Zr+]([CH2]CO)[CH2]CO. The van der Waals surface area contributed by atoms with E-state index in [-0.39, 0.29) is 38.8 Å². The van der Waals surface area contributed by atoms with Gasteiger partial charge in [-0.3, -0.25) is 4.79 Å². The summed E-state index contributed by atoms with van der Waals surface area (Å²) < 4.78 is 2.64. The molecule has 0 aromatic heterocycles. The molecule has 0 bridgehead atoms. The molecule has 0 fully saturated rings. The average Bonchev–Trinajstić information content (AvgIpc) is 2.37. The summed E-state index contributed by atoms with van der Waals surface area (Å²) in [5, 5.41) is 43.7. The molecule has 126 valence electrons. The van der Waals surface area contributed by atoms with Gasteiger partial charge in [-0.25, -0.2) is 0 Å². The summed E-state index contributed by atoms with van der Waals surface area (Å²) in [5.74, 6) is -2.47. The molecule has 0 aromatic rings. The molecular weight excluding hydrogens is 363 g/mol. The van der Waals surface area contributed by atoms with Crippen LogP contribution in [0, 0.1) is 0 Å². The first-order chi connectivity index (χ1) is 9.38. The van der Waals surface area contributed by atoms with Crippen LogP contribution in [0.4, 0.5) is 0 Å². The number of aliphatic hydroxyl groups is 3. The van der Waals surface area contributed by atoms with Crippen LogP contribution in [0.5, 0.6) is 0 Å². The topological polar surface area (TPSA) is 199 Å². The van der Waals surface area contributed by atoms with Crippen molar-refractivity contribution >= 4 is 11.9 Å². The van der Waals surface area contributed by atoms with Gasteiger partial charge in [-0.05, 0) is 6.42 Å². The van der Waals surface area contributed by atoms with Crippen LogP contribution in [0.1, 0.15) is 12.8 Å². The van der Waals surface area contributed by atoms with E-state index < -0.39 is 39.7 Å². The molecule has 0 spiro atoms. The fourth-order valence-corrected chi connectivity index (χ4v) is 5.42. The fourth-order valence-electron chi connectivity index (χ4n) is 1.25. The Balaban J connectivity index is -0.000000295. The van der Waals surface area contributed by atoms with E-state index >= 15 is 0 Å². The molecule has 10 heteroatoms. The number of hydrogen-bond acceptors (Lipinski definition) is 8. The van der Waals surface area contributed by atoms with E-state index in [0.29, 0.717) is 0 Å². The van der Waals surface area contributed by atoms with Crippen LogP contribution in [-0.2, 0) is 31.3 Å². The van der Waals surface area contributed by atoms with E-state index in [9.17, 15) is 14.7 Å². The van der Waals surface area contributed by atoms with E-state index in [1.165, 1.54) is 0 Å². The van der Waals surface area contributed by atoms with Crippen molar-refractivity contribution in [1.29, 1.82) is 0 Å². The molecule has 9 nitrogen and oxygen atoms in total. The van der Waals surface area contributed by atoms with Crippen molar-refractivity contribution < 1.29 is 56.9 Å². The Morgan fingerprint density at radius 1 is 1.05 bits per heavy atom. The number of carboxylic acids is 2. The Hall–Kier alpha value is -0.377. The Kier molecular flexibility index (Phi) is 21.5. The number of rotatable bonds is 10. The van der Waals surface area contributed by atoms with Crippen LogP contribution in [0.15, 0.2) is 0 Å². The third kappa shape index (κ3) is 19.6. The van der Waals surface area contributed by atoms with Crippen LogP contribution < -0.4 is 17.0 Å². The summed E-state index contributed by atoms with van der Waals surface area (Å²) in [6, 6.07) is -1.17. The molecule has 0 aliphatic rings. The van der Waals surface area contributed by atoms with Crippen molar-refractivity contribution in [1.82, 2.24) is 6.15 Å². The van der Waals surface area contributed by atoms with E-state index in [4.69, 9.17) is 26.2 Å². The third-order valence-corrected chi connectivity index (χ3v) is 9.23. The van der Waals surface area contributed by atoms with Crippen molar-refractivity contribution in [2.24, 2.45) is 5.73 Å². The Bertz CT molecular complexity index is 255. The summed E-state index contributed by atoms with van der Waals surface area (Å²) in [7, 11) is 0. The first-order valence-corrected chi connectivity index (χ1v) is 11.4. The number of nitrogens with two attached hydrogens (primary N) is 1. The van der Waals surface area contributed by atoms with Crippen molar-refractivity contribution in [2.45, 2.75) is 31.3 Å². The molecule has 0 rings (SSSR count). The Morgan fingerprint density at radius 2 is 1.43 bits per heavy atom. The molecular formula is C11H26N2O7Zr. The van der Waals surface area contributed by atoms with Crippen LogP contribution >= 0.6 is 0 Å². The molecule has 9 N–H and O–H groups in total. The van der Waals surface area contributed by atoms with Crippen LogP contribution in [-0.4, -0.2) is 58.2 Å². The first-order valence-electron chi connectivity index (χ1n) is 6.23. The standard InChI is InChI=1S/C5H9NO4.3C2H5O.H3N.Zr/c6-3(5(9)10)1-2-4(7)8;3*1-2-3;;/h3H,1-2,6H2,(H,7,8)(H,9,10);3*3H,1-2H2;1H3;/q;;;;;+1/p-1/t3-;;;;;/m0...../s1. The van der Waals surface area contributed by atoms with Gasteiger partial charge in [0.2, 0.25) is 0 Å². The zero-order valence-electron chi connectivity index (χ0n) is 12.0. The predicted octanol–water partition coefficient (Wildman–Crippen LogP) is -2.07. The van der Waals surface area contributed by atoms with Crippen LogP contribution in [0.25, 0.3) is 0 Å². The predicted molar refractivity (Wildman–Crippen MR) is 70.6 cm³/mol. The zero-order chi connectivity index (χ0) is 16.0. The summed E-state index contributed by atoms with van der Waals surface area (Å²) in [5.41, 5.74) is 4.94. The van der Waals surface area contributed by atoms with Crippen LogP contribution in [0.3, 0.4) is 0 Å². The molecule has 0 unspecified atom stereocenters. The van der Waals surface area contributed by atoms with Gasteiger partial charge in [0, 0.05) is 12.5 Å². The Labute approximate surface area is 132 Å². The number of carbonyl (C=O) groups is 2. The van der Waals surface area contributed by atoms with Gasteiger partial charge in [-0.15, -0.1) is 0 Å². The summed E-state index contributed by atoms with van der Waals surface area (Å²) in [6.07, 6.45) is -0.327. The zero-order valence-corrected chi connectivity index (χ0v) is 14.5. The Morgan fingerprint density at radius 3 is 1.67 bits per heavy atom. The molecule has 21 heavy (non-hydrogen) atoms. The molecule has 0 amide bonds. The second kappa shape index (κ2) is 17.7. The third-order valence-electron chi connectivity index (χ3n) is 2.37. The summed E-state index contributed by atoms with van der Waals surface area (Å²) in [6.45, 7) is 0.693.